The Morgan fingerprint density at radius 2 is 1.88 bits per heavy atom. The van der Waals surface area contributed by atoms with Crippen molar-refractivity contribution < 1.29 is 5.11 Å². The highest BCUT2D eigenvalue weighted by Gasteiger charge is 2.22. The van der Waals surface area contributed by atoms with Crippen LogP contribution in [0.4, 0.5) is 5.69 Å². The molecule has 3 heteroatoms. The van der Waals surface area contributed by atoms with Crippen LogP contribution in [0.5, 0.6) is 5.75 Å². The average Bonchev–Trinajstić information content (AvgIpc) is 2.28. The molecule has 2 rings (SSSR count). The van der Waals surface area contributed by atoms with E-state index in [1.54, 1.807) is 6.07 Å². The Hall–Kier alpha value is -0.450. The minimum atomic E-state index is 0.297. The molecular formula is C13H18INO. The van der Waals surface area contributed by atoms with Gasteiger partial charge in [-0.25, -0.2) is 0 Å². The van der Waals surface area contributed by atoms with E-state index in [9.17, 15) is 5.11 Å². The van der Waals surface area contributed by atoms with E-state index in [1.165, 1.54) is 31.2 Å². The molecule has 0 aromatic heterocycles. The van der Waals surface area contributed by atoms with Gasteiger partial charge in [-0.15, -0.1) is 0 Å². The lowest BCUT2D eigenvalue weighted by atomic mass is 9.79. The highest BCUT2D eigenvalue weighted by molar-refractivity contribution is 14.1. The van der Waals surface area contributed by atoms with Crippen LogP contribution in [-0.4, -0.2) is 5.11 Å². The van der Waals surface area contributed by atoms with Gasteiger partial charge in [0.1, 0.15) is 5.75 Å². The summed E-state index contributed by atoms with van der Waals surface area (Å²) < 4.78 is 0.800. The van der Waals surface area contributed by atoms with Crippen molar-refractivity contribution >= 4 is 28.3 Å². The van der Waals surface area contributed by atoms with Gasteiger partial charge in [-0.2, -0.15) is 0 Å². The van der Waals surface area contributed by atoms with Gasteiger partial charge in [0.25, 0.3) is 0 Å². The second-order valence-electron chi connectivity index (χ2n) is 4.86. The summed E-state index contributed by atoms with van der Waals surface area (Å²) in [7, 11) is 0. The second-order valence-corrected chi connectivity index (χ2v) is 5.94. The van der Waals surface area contributed by atoms with Crippen molar-refractivity contribution in [1.29, 1.82) is 0 Å². The van der Waals surface area contributed by atoms with E-state index in [-0.39, 0.29) is 0 Å². The molecule has 0 bridgehead atoms. The number of phenols is 1. The Balaban J connectivity index is 2.24. The van der Waals surface area contributed by atoms with E-state index < -0.39 is 0 Å². The van der Waals surface area contributed by atoms with E-state index in [2.05, 4.69) is 29.5 Å². The molecule has 0 aliphatic heterocycles. The number of phenolic OH excluding ortho intramolecular Hbond substituents is 1. The molecule has 1 saturated carbocycles. The van der Waals surface area contributed by atoms with Gasteiger partial charge in [-0.3, -0.25) is 0 Å². The first kappa shape index (κ1) is 12.0. The van der Waals surface area contributed by atoms with Crippen molar-refractivity contribution in [3.05, 3.63) is 21.3 Å². The molecule has 0 saturated heterocycles. The number of aromatic hydroxyl groups is 1. The predicted molar refractivity (Wildman–Crippen MR) is 75.6 cm³/mol. The topological polar surface area (TPSA) is 46.2 Å². The largest absolute Gasteiger partial charge is 0.507 e. The lowest BCUT2D eigenvalue weighted by Gasteiger charge is -2.27. The Morgan fingerprint density at radius 1 is 1.25 bits per heavy atom. The number of nitrogens with two attached hydrogens (primary N) is 1. The number of nitrogen functional groups attached to an aromatic ring is 1. The summed E-state index contributed by atoms with van der Waals surface area (Å²) in [4.78, 5) is 0. The number of anilines is 1. The van der Waals surface area contributed by atoms with Crippen LogP contribution in [0, 0.1) is 9.49 Å². The van der Waals surface area contributed by atoms with Gasteiger partial charge < -0.3 is 10.8 Å². The van der Waals surface area contributed by atoms with Crippen LogP contribution in [0.25, 0.3) is 0 Å². The van der Waals surface area contributed by atoms with E-state index in [0.717, 1.165) is 15.2 Å². The smallest absolute Gasteiger partial charge is 0.131 e. The standard InChI is InChI=1S/C13H18INO/c1-8-2-4-9(5-3-8)10-6-7-11(16)12(14)13(10)15/h6-9,16H,2-5,15H2,1H3. The SMILES string of the molecule is CC1CCC(c2ccc(O)c(I)c2N)CC1. The number of hydrogen-bond donors (Lipinski definition) is 2. The van der Waals surface area contributed by atoms with Crippen LogP contribution in [-0.2, 0) is 0 Å². The Morgan fingerprint density at radius 3 is 2.50 bits per heavy atom. The molecule has 0 unspecified atom stereocenters. The van der Waals surface area contributed by atoms with Crippen molar-refractivity contribution in [3.8, 4) is 5.75 Å². The highest BCUT2D eigenvalue weighted by atomic mass is 127. The third-order valence-corrected chi connectivity index (χ3v) is 4.78. The lowest BCUT2D eigenvalue weighted by molar-refractivity contribution is 0.348. The molecule has 1 aliphatic rings. The van der Waals surface area contributed by atoms with Gasteiger partial charge in [0, 0.05) is 0 Å². The number of hydrogen-bond acceptors (Lipinski definition) is 2. The summed E-state index contributed by atoms with van der Waals surface area (Å²) in [6.07, 6.45) is 5.04. The molecule has 88 valence electrons. The zero-order valence-corrected chi connectivity index (χ0v) is 11.7. The zero-order chi connectivity index (χ0) is 11.7. The van der Waals surface area contributed by atoms with Gasteiger partial charge in [0.15, 0.2) is 0 Å². The summed E-state index contributed by atoms with van der Waals surface area (Å²) in [5, 5.41) is 9.58. The van der Waals surface area contributed by atoms with Gasteiger partial charge in [-0.1, -0.05) is 25.8 Å². The van der Waals surface area contributed by atoms with Crippen molar-refractivity contribution in [2.75, 3.05) is 5.73 Å². The minimum absolute atomic E-state index is 0.297. The fraction of sp³-hybridized carbons (Fsp3) is 0.538. The minimum Gasteiger partial charge on any atom is -0.507 e. The van der Waals surface area contributed by atoms with Crippen molar-refractivity contribution in [2.24, 2.45) is 5.92 Å². The van der Waals surface area contributed by atoms with Crippen LogP contribution >= 0.6 is 22.6 Å². The average molecular weight is 331 g/mol. The fourth-order valence-electron chi connectivity index (χ4n) is 2.52. The van der Waals surface area contributed by atoms with E-state index in [0.29, 0.717) is 11.7 Å². The predicted octanol–water partition coefficient (Wildman–Crippen LogP) is 3.87. The maximum absolute atomic E-state index is 9.58. The quantitative estimate of drug-likeness (QED) is 0.606. The molecule has 1 aromatic carbocycles. The summed E-state index contributed by atoms with van der Waals surface area (Å²) in [6.45, 7) is 2.32. The third kappa shape index (κ3) is 2.29. The molecule has 16 heavy (non-hydrogen) atoms. The molecule has 1 aromatic rings. The second kappa shape index (κ2) is 4.82. The van der Waals surface area contributed by atoms with Crippen molar-refractivity contribution in [3.63, 3.8) is 0 Å². The molecule has 0 radical (unpaired) electrons. The maximum Gasteiger partial charge on any atom is 0.131 e. The molecule has 0 heterocycles. The first-order valence-corrected chi connectivity index (χ1v) is 6.94. The van der Waals surface area contributed by atoms with Gasteiger partial charge in [0.05, 0.1) is 9.26 Å². The van der Waals surface area contributed by atoms with Crippen molar-refractivity contribution in [1.82, 2.24) is 0 Å². The summed E-state index contributed by atoms with van der Waals surface area (Å²) >= 11 is 2.12. The first-order valence-electron chi connectivity index (χ1n) is 5.86. The molecular weight excluding hydrogens is 313 g/mol. The molecule has 1 aliphatic carbocycles. The molecule has 1 fully saturated rings. The molecule has 0 spiro atoms. The summed E-state index contributed by atoms with van der Waals surface area (Å²) in [6, 6.07) is 3.76. The van der Waals surface area contributed by atoms with Gasteiger partial charge in [0.2, 0.25) is 0 Å². The number of rotatable bonds is 1. The van der Waals surface area contributed by atoms with Crippen LogP contribution in [0.2, 0.25) is 0 Å². The Kier molecular flexibility index (Phi) is 3.62. The van der Waals surface area contributed by atoms with E-state index >= 15 is 0 Å². The Bertz CT molecular complexity index is 384. The molecule has 2 nitrogen and oxygen atoms in total. The summed E-state index contributed by atoms with van der Waals surface area (Å²) in [5.74, 6) is 1.74. The monoisotopic (exact) mass is 331 g/mol. The third-order valence-electron chi connectivity index (χ3n) is 3.65. The summed E-state index contributed by atoms with van der Waals surface area (Å²) in [5.41, 5.74) is 8.09. The fourth-order valence-corrected chi connectivity index (χ4v) is 3.01. The van der Waals surface area contributed by atoms with Crippen LogP contribution in [0.15, 0.2) is 12.1 Å². The highest BCUT2D eigenvalue weighted by Crippen LogP contribution is 2.40. The van der Waals surface area contributed by atoms with Crippen LogP contribution in [0.1, 0.15) is 44.1 Å². The molecule has 0 amide bonds. The van der Waals surface area contributed by atoms with Gasteiger partial charge in [-0.05, 0) is 58.9 Å². The normalized spacial score (nSPS) is 25.6. The van der Waals surface area contributed by atoms with Gasteiger partial charge >= 0.3 is 0 Å². The first-order chi connectivity index (χ1) is 7.59. The molecule has 0 atom stereocenters. The Labute approximate surface area is 110 Å². The van der Waals surface area contributed by atoms with Crippen molar-refractivity contribution in [2.45, 2.75) is 38.5 Å². The van der Waals surface area contributed by atoms with E-state index in [1.807, 2.05) is 6.07 Å². The zero-order valence-electron chi connectivity index (χ0n) is 9.54. The van der Waals surface area contributed by atoms with E-state index in [4.69, 9.17) is 5.73 Å². The van der Waals surface area contributed by atoms with Crippen LogP contribution < -0.4 is 5.73 Å². The lowest BCUT2D eigenvalue weighted by Crippen LogP contribution is -2.12. The number of halogens is 1. The maximum atomic E-state index is 9.58. The molecule has 3 N–H and O–H groups in total. The van der Waals surface area contributed by atoms with Crippen LogP contribution in [0.3, 0.4) is 0 Å². The number of benzene rings is 1.